The van der Waals surface area contributed by atoms with E-state index in [1.165, 1.54) is 23.3 Å². The maximum atomic E-state index is 13.0. The first-order valence-corrected chi connectivity index (χ1v) is 8.89. The molecule has 0 aliphatic heterocycles. The topological polar surface area (TPSA) is 32.7 Å². The minimum Gasteiger partial charge on any atom is -0.488 e. The Balaban J connectivity index is 1.65. The normalized spacial score (nSPS) is 23.6. The predicted molar refractivity (Wildman–Crippen MR) is 97.1 cm³/mol. The fourth-order valence-electron chi connectivity index (χ4n) is 3.59. The van der Waals surface area contributed by atoms with Crippen LogP contribution in [0.1, 0.15) is 30.4 Å². The third kappa shape index (κ3) is 4.39. The van der Waals surface area contributed by atoms with E-state index in [0.29, 0.717) is 5.75 Å². The van der Waals surface area contributed by atoms with E-state index in [9.17, 15) is 9.50 Å². The lowest BCUT2D eigenvalue weighted by molar-refractivity contribution is -0.0492. The van der Waals surface area contributed by atoms with Crippen LogP contribution in [0, 0.1) is 12.7 Å². The molecule has 25 heavy (non-hydrogen) atoms. The molecule has 1 aliphatic carbocycles. The van der Waals surface area contributed by atoms with Crippen molar-refractivity contribution in [2.45, 2.75) is 51.0 Å². The van der Waals surface area contributed by atoms with Crippen molar-refractivity contribution >= 4 is 0 Å². The van der Waals surface area contributed by atoms with Crippen LogP contribution in [0.2, 0.25) is 0 Å². The lowest BCUT2D eigenvalue weighted by Crippen LogP contribution is -2.51. The van der Waals surface area contributed by atoms with Gasteiger partial charge in [0.05, 0.1) is 0 Å². The first kappa shape index (κ1) is 17.9. The average Bonchev–Trinajstić information content (AvgIpc) is 2.60. The molecule has 3 atom stereocenters. The minimum atomic E-state index is -0.562. The Morgan fingerprint density at radius 3 is 2.56 bits per heavy atom. The zero-order chi connectivity index (χ0) is 17.8. The summed E-state index contributed by atoms with van der Waals surface area (Å²) < 4.78 is 19.0. The molecule has 0 radical (unpaired) electrons. The van der Waals surface area contributed by atoms with Gasteiger partial charge in [0.15, 0.2) is 0 Å². The maximum absolute atomic E-state index is 13.0. The third-order valence-corrected chi connectivity index (χ3v) is 5.11. The number of hydrogen-bond donors (Lipinski definition) is 1. The van der Waals surface area contributed by atoms with Gasteiger partial charge in [-0.25, -0.2) is 4.39 Å². The number of aryl methyl sites for hydroxylation is 1. The molecule has 3 nitrogen and oxygen atoms in total. The van der Waals surface area contributed by atoms with Gasteiger partial charge in [-0.2, -0.15) is 0 Å². The van der Waals surface area contributed by atoms with Crippen molar-refractivity contribution < 1.29 is 14.2 Å². The highest BCUT2D eigenvalue weighted by molar-refractivity contribution is 5.25. The Morgan fingerprint density at radius 1 is 1.12 bits per heavy atom. The number of likely N-dealkylation sites (N-methyl/N-ethyl adjacent to an activating group) is 1. The van der Waals surface area contributed by atoms with Gasteiger partial charge in [-0.05, 0) is 68.6 Å². The largest absolute Gasteiger partial charge is 0.488 e. The summed E-state index contributed by atoms with van der Waals surface area (Å²) in [6, 6.07) is 14.4. The number of aliphatic hydroxyl groups excluding tert-OH is 1. The highest BCUT2D eigenvalue weighted by Gasteiger charge is 2.35. The summed E-state index contributed by atoms with van der Waals surface area (Å²) in [6.07, 6.45) is 1.95. The standard InChI is InChI=1S/C21H26FNO2/c1-15-6-3-4-7-16(15)14-23(2)19-8-5-9-20(21(19)24)25-18-12-10-17(22)11-13-18/h3-4,6-7,10-13,19-21,24H,5,8-9,14H2,1-2H3/t19-,20+,21+/m0/s1. The highest BCUT2D eigenvalue weighted by atomic mass is 19.1. The van der Waals surface area contributed by atoms with Crippen LogP contribution in [0.25, 0.3) is 0 Å². The van der Waals surface area contributed by atoms with E-state index in [4.69, 9.17) is 4.74 Å². The molecule has 1 fully saturated rings. The van der Waals surface area contributed by atoms with Gasteiger partial charge in [0.2, 0.25) is 0 Å². The van der Waals surface area contributed by atoms with Crippen LogP contribution in [0.4, 0.5) is 4.39 Å². The molecule has 0 aromatic heterocycles. The van der Waals surface area contributed by atoms with Gasteiger partial charge in [0.25, 0.3) is 0 Å². The van der Waals surface area contributed by atoms with E-state index in [1.807, 2.05) is 12.1 Å². The summed E-state index contributed by atoms with van der Waals surface area (Å²) >= 11 is 0. The van der Waals surface area contributed by atoms with Crippen molar-refractivity contribution in [3.63, 3.8) is 0 Å². The summed E-state index contributed by atoms with van der Waals surface area (Å²) in [5.74, 6) is 0.319. The Bertz CT molecular complexity index is 689. The second-order valence-corrected chi connectivity index (χ2v) is 6.94. The summed E-state index contributed by atoms with van der Waals surface area (Å²) in [4.78, 5) is 2.22. The van der Waals surface area contributed by atoms with Gasteiger partial charge in [-0.3, -0.25) is 4.90 Å². The summed E-state index contributed by atoms with van der Waals surface area (Å²) in [7, 11) is 2.06. The zero-order valence-corrected chi connectivity index (χ0v) is 14.9. The van der Waals surface area contributed by atoms with Crippen LogP contribution in [-0.2, 0) is 6.54 Å². The van der Waals surface area contributed by atoms with Gasteiger partial charge in [-0.1, -0.05) is 24.3 Å². The van der Waals surface area contributed by atoms with E-state index in [-0.39, 0.29) is 18.0 Å². The highest BCUT2D eigenvalue weighted by Crippen LogP contribution is 2.28. The van der Waals surface area contributed by atoms with Gasteiger partial charge < -0.3 is 9.84 Å². The van der Waals surface area contributed by atoms with Crippen LogP contribution >= 0.6 is 0 Å². The Hall–Kier alpha value is -1.91. The molecule has 2 aromatic carbocycles. The van der Waals surface area contributed by atoms with Crippen LogP contribution in [0.3, 0.4) is 0 Å². The Kier molecular flexibility index (Phi) is 5.71. The molecule has 0 unspecified atom stereocenters. The van der Waals surface area contributed by atoms with Gasteiger partial charge in [0, 0.05) is 12.6 Å². The predicted octanol–water partition coefficient (Wildman–Crippen LogP) is 3.93. The van der Waals surface area contributed by atoms with E-state index in [2.05, 4.69) is 31.0 Å². The summed E-state index contributed by atoms with van der Waals surface area (Å²) in [6.45, 7) is 2.92. The molecule has 2 aromatic rings. The van der Waals surface area contributed by atoms with Crippen molar-refractivity contribution in [2.24, 2.45) is 0 Å². The first-order chi connectivity index (χ1) is 12.0. The molecular formula is C21H26FNO2. The summed E-state index contributed by atoms with van der Waals surface area (Å²) in [5.41, 5.74) is 2.54. The van der Waals surface area contributed by atoms with Gasteiger partial charge in [-0.15, -0.1) is 0 Å². The number of ether oxygens (including phenoxy) is 1. The van der Waals surface area contributed by atoms with Crippen LogP contribution in [0.15, 0.2) is 48.5 Å². The molecule has 3 rings (SSSR count). The fraction of sp³-hybridized carbons (Fsp3) is 0.429. The molecule has 0 bridgehead atoms. The number of hydrogen-bond acceptors (Lipinski definition) is 3. The monoisotopic (exact) mass is 343 g/mol. The fourth-order valence-corrected chi connectivity index (χ4v) is 3.59. The van der Waals surface area contributed by atoms with Crippen LogP contribution in [0.5, 0.6) is 5.75 Å². The lowest BCUT2D eigenvalue weighted by Gasteiger charge is -2.40. The average molecular weight is 343 g/mol. The van der Waals surface area contributed by atoms with E-state index >= 15 is 0 Å². The Labute approximate surface area is 149 Å². The van der Waals surface area contributed by atoms with Crippen molar-refractivity contribution in [1.82, 2.24) is 4.90 Å². The molecule has 0 spiro atoms. The molecule has 0 heterocycles. The number of halogens is 1. The molecule has 134 valence electrons. The maximum Gasteiger partial charge on any atom is 0.126 e. The van der Waals surface area contributed by atoms with Crippen LogP contribution in [-0.4, -0.2) is 35.3 Å². The van der Waals surface area contributed by atoms with E-state index in [0.717, 1.165) is 25.8 Å². The zero-order valence-electron chi connectivity index (χ0n) is 14.9. The molecule has 1 N–H and O–H groups in total. The number of rotatable bonds is 5. The minimum absolute atomic E-state index is 0.0544. The number of aliphatic hydroxyl groups is 1. The smallest absolute Gasteiger partial charge is 0.126 e. The first-order valence-electron chi connectivity index (χ1n) is 8.89. The number of benzene rings is 2. The third-order valence-electron chi connectivity index (χ3n) is 5.11. The molecule has 1 aliphatic rings. The molecule has 0 amide bonds. The van der Waals surface area contributed by atoms with Crippen molar-refractivity contribution in [3.8, 4) is 5.75 Å². The van der Waals surface area contributed by atoms with E-state index in [1.54, 1.807) is 12.1 Å². The Morgan fingerprint density at radius 2 is 1.84 bits per heavy atom. The van der Waals surface area contributed by atoms with Crippen molar-refractivity contribution in [3.05, 3.63) is 65.5 Å². The number of nitrogens with zero attached hydrogens (tertiary/aromatic N) is 1. The van der Waals surface area contributed by atoms with Crippen LogP contribution < -0.4 is 4.74 Å². The van der Waals surface area contributed by atoms with Gasteiger partial charge >= 0.3 is 0 Å². The molecule has 0 saturated heterocycles. The van der Waals surface area contributed by atoms with Crippen molar-refractivity contribution in [2.75, 3.05) is 7.05 Å². The second kappa shape index (κ2) is 7.98. The summed E-state index contributed by atoms with van der Waals surface area (Å²) in [5, 5.41) is 10.8. The van der Waals surface area contributed by atoms with E-state index < -0.39 is 6.10 Å². The lowest BCUT2D eigenvalue weighted by atomic mass is 9.88. The SMILES string of the molecule is Cc1ccccc1CN(C)[C@H]1CCC[C@@H](Oc2ccc(F)cc2)[C@@H]1O. The molecule has 4 heteroatoms. The second-order valence-electron chi connectivity index (χ2n) is 6.94. The van der Waals surface area contributed by atoms with Gasteiger partial charge in [0.1, 0.15) is 23.8 Å². The quantitative estimate of drug-likeness (QED) is 0.893. The molecule has 1 saturated carbocycles. The molecular weight excluding hydrogens is 317 g/mol. The van der Waals surface area contributed by atoms with Crippen molar-refractivity contribution in [1.29, 1.82) is 0 Å².